The molecule has 0 aliphatic heterocycles. The maximum absolute atomic E-state index is 13.0. The van der Waals surface area contributed by atoms with Crippen molar-refractivity contribution in [1.82, 2.24) is 4.31 Å². The van der Waals surface area contributed by atoms with E-state index in [4.69, 9.17) is 11.6 Å². The van der Waals surface area contributed by atoms with E-state index in [2.05, 4.69) is 4.74 Å². The molecule has 2 aromatic rings. The molecule has 0 aromatic heterocycles. The lowest BCUT2D eigenvalue weighted by Gasteiger charge is -2.25. The highest BCUT2D eigenvalue weighted by molar-refractivity contribution is 7.89. The van der Waals surface area contributed by atoms with Crippen LogP contribution in [-0.2, 0) is 10.0 Å². The van der Waals surface area contributed by atoms with Crippen LogP contribution in [0.15, 0.2) is 47.4 Å². The predicted octanol–water partition coefficient (Wildman–Crippen LogP) is 4.46. The number of sulfonamides is 1. The number of nitrogens with zero attached hydrogens (tertiary/aromatic N) is 1. The number of hydrogen-bond acceptors (Lipinski definition) is 3. The summed E-state index contributed by atoms with van der Waals surface area (Å²) in [7, 11) is -2.59. The zero-order chi connectivity index (χ0) is 18.8. The van der Waals surface area contributed by atoms with Crippen LogP contribution in [0.2, 0.25) is 5.02 Å². The van der Waals surface area contributed by atoms with E-state index < -0.39 is 28.5 Å². The van der Waals surface area contributed by atoms with Crippen molar-refractivity contribution in [3.05, 3.63) is 58.9 Å². The van der Waals surface area contributed by atoms with Gasteiger partial charge in [-0.1, -0.05) is 23.7 Å². The second-order valence-electron chi connectivity index (χ2n) is 5.22. The van der Waals surface area contributed by atoms with E-state index in [9.17, 15) is 21.6 Å². The molecule has 4 nitrogen and oxygen atoms in total. The average Bonchev–Trinajstić information content (AvgIpc) is 2.55. The van der Waals surface area contributed by atoms with Gasteiger partial charge in [0.1, 0.15) is 11.6 Å². The molecule has 0 radical (unpaired) electrons. The summed E-state index contributed by atoms with van der Waals surface area (Å²) < 4.78 is 68.2. The van der Waals surface area contributed by atoms with Gasteiger partial charge >= 0.3 is 6.61 Å². The lowest BCUT2D eigenvalue weighted by molar-refractivity contribution is -0.0498. The monoisotopic (exact) mass is 393 g/mol. The fourth-order valence-electron chi connectivity index (χ4n) is 2.16. The Labute approximate surface area is 148 Å². The van der Waals surface area contributed by atoms with Crippen LogP contribution < -0.4 is 4.74 Å². The molecule has 0 aliphatic carbocycles. The summed E-state index contributed by atoms with van der Waals surface area (Å²) in [6.45, 7) is -1.43. The van der Waals surface area contributed by atoms with Crippen LogP contribution in [-0.4, -0.2) is 26.4 Å². The second-order valence-corrected chi connectivity index (χ2v) is 7.62. The number of hydrogen-bond donors (Lipinski definition) is 0. The van der Waals surface area contributed by atoms with E-state index in [0.717, 1.165) is 22.5 Å². The Morgan fingerprint density at radius 3 is 2.24 bits per heavy atom. The first-order valence-electron chi connectivity index (χ1n) is 7.11. The van der Waals surface area contributed by atoms with Gasteiger partial charge in [-0.25, -0.2) is 12.8 Å². The molecule has 25 heavy (non-hydrogen) atoms. The summed E-state index contributed by atoms with van der Waals surface area (Å²) in [6, 6.07) is 8.10. The third kappa shape index (κ3) is 4.45. The normalized spacial score (nSPS) is 13.3. The smallest absolute Gasteiger partial charge is 0.387 e. The Bertz CT molecular complexity index is 844. The highest BCUT2D eigenvalue weighted by Gasteiger charge is 2.27. The number of alkyl halides is 2. The van der Waals surface area contributed by atoms with Crippen LogP contribution in [0, 0.1) is 5.82 Å². The lowest BCUT2D eigenvalue weighted by Crippen LogP contribution is -2.29. The van der Waals surface area contributed by atoms with E-state index in [1.54, 1.807) is 6.92 Å². The highest BCUT2D eigenvalue weighted by Crippen LogP contribution is 2.32. The van der Waals surface area contributed by atoms with Gasteiger partial charge in [-0.15, -0.1) is 0 Å². The summed E-state index contributed by atoms with van der Waals surface area (Å²) >= 11 is 5.82. The molecule has 0 saturated carbocycles. The lowest BCUT2D eigenvalue weighted by atomic mass is 10.1. The van der Waals surface area contributed by atoms with Crippen molar-refractivity contribution in [2.24, 2.45) is 0 Å². The van der Waals surface area contributed by atoms with Gasteiger partial charge in [0, 0.05) is 13.1 Å². The fraction of sp³-hybridized carbons (Fsp3) is 0.250. The zero-order valence-corrected chi connectivity index (χ0v) is 14.9. The van der Waals surface area contributed by atoms with Gasteiger partial charge < -0.3 is 4.74 Å². The van der Waals surface area contributed by atoms with E-state index in [-0.39, 0.29) is 15.7 Å². The number of benzene rings is 2. The summed E-state index contributed by atoms with van der Waals surface area (Å²) in [5.74, 6) is -0.743. The Hall–Kier alpha value is -1.77. The predicted molar refractivity (Wildman–Crippen MR) is 87.8 cm³/mol. The summed E-state index contributed by atoms with van der Waals surface area (Å²) in [6.07, 6.45) is 0. The molecule has 0 fully saturated rings. The molecule has 0 amide bonds. The number of halogens is 4. The molecule has 9 heteroatoms. The van der Waals surface area contributed by atoms with Gasteiger partial charge in [-0.2, -0.15) is 13.1 Å². The molecule has 0 bridgehead atoms. The Kier molecular flexibility index (Phi) is 5.97. The molecular formula is C16H15ClF3NO3S. The van der Waals surface area contributed by atoms with E-state index >= 15 is 0 Å². The fourth-order valence-corrected chi connectivity index (χ4v) is 3.83. The summed E-state index contributed by atoms with van der Waals surface area (Å²) in [5.41, 5.74) is 0.594. The Balaban J connectivity index is 2.30. The van der Waals surface area contributed by atoms with Crippen molar-refractivity contribution in [1.29, 1.82) is 0 Å². The third-order valence-electron chi connectivity index (χ3n) is 3.69. The topological polar surface area (TPSA) is 46.6 Å². The summed E-state index contributed by atoms with van der Waals surface area (Å²) in [5, 5.41) is -0.246. The highest BCUT2D eigenvalue weighted by atomic mass is 35.5. The van der Waals surface area contributed by atoms with Crippen LogP contribution in [0.25, 0.3) is 0 Å². The van der Waals surface area contributed by atoms with Crippen molar-refractivity contribution in [2.75, 3.05) is 7.05 Å². The standard InChI is InChI=1S/C16H15ClF3NO3S/c1-10(11-3-5-12(18)6-4-11)21(2)25(22,23)13-7-8-15(14(17)9-13)24-16(19)20/h3-10,16H,1-2H3. The van der Waals surface area contributed by atoms with Gasteiger partial charge in [0.25, 0.3) is 0 Å². The molecule has 1 unspecified atom stereocenters. The van der Waals surface area contributed by atoms with Crippen molar-refractivity contribution < 1.29 is 26.3 Å². The van der Waals surface area contributed by atoms with Crippen LogP contribution >= 0.6 is 11.6 Å². The van der Waals surface area contributed by atoms with Crippen molar-refractivity contribution in [3.8, 4) is 5.75 Å². The number of rotatable bonds is 6. The SMILES string of the molecule is CC(c1ccc(F)cc1)N(C)S(=O)(=O)c1ccc(OC(F)F)c(Cl)c1. The van der Waals surface area contributed by atoms with Crippen molar-refractivity contribution in [3.63, 3.8) is 0 Å². The molecule has 0 spiro atoms. The first-order chi connectivity index (χ1) is 11.6. The average molecular weight is 394 g/mol. The quantitative estimate of drug-likeness (QED) is 0.727. The number of ether oxygens (including phenoxy) is 1. The molecule has 0 heterocycles. The van der Waals surface area contributed by atoms with E-state index in [0.29, 0.717) is 5.56 Å². The van der Waals surface area contributed by atoms with Gasteiger partial charge in [0.05, 0.1) is 9.92 Å². The van der Waals surface area contributed by atoms with Crippen molar-refractivity contribution >= 4 is 21.6 Å². The van der Waals surface area contributed by atoms with Crippen molar-refractivity contribution in [2.45, 2.75) is 24.5 Å². The summed E-state index contributed by atoms with van der Waals surface area (Å²) in [4.78, 5) is -0.171. The first-order valence-corrected chi connectivity index (χ1v) is 8.92. The van der Waals surface area contributed by atoms with Gasteiger partial charge in [0.15, 0.2) is 0 Å². The molecule has 0 N–H and O–H groups in total. The molecule has 0 saturated heterocycles. The Morgan fingerprint density at radius 2 is 1.72 bits per heavy atom. The second kappa shape index (κ2) is 7.63. The minimum absolute atomic E-state index is 0.171. The molecule has 136 valence electrons. The van der Waals surface area contributed by atoms with Gasteiger partial charge in [-0.3, -0.25) is 0 Å². The molecule has 2 aromatic carbocycles. The molecular weight excluding hydrogens is 379 g/mol. The third-order valence-corrected chi connectivity index (χ3v) is 5.91. The first kappa shape index (κ1) is 19.6. The van der Waals surface area contributed by atoms with Gasteiger partial charge in [0.2, 0.25) is 10.0 Å². The van der Waals surface area contributed by atoms with E-state index in [1.807, 2.05) is 0 Å². The maximum atomic E-state index is 13.0. The molecule has 0 aliphatic rings. The molecule has 2 rings (SSSR count). The van der Waals surface area contributed by atoms with Crippen LogP contribution in [0.1, 0.15) is 18.5 Å². The van der Waals surface area contributed by atoms with Gasteiger partial charge in [-0.05, 0) is 42.8 Å². The Morgan fingerprint density at radius 1 is 1.12 bits per heavy atom. The minimum atomic E-state index is -3.95. The zero-order valence-electron chi connectivity index (χ0n) is 13.3. The van der Waals surface area contributed by atoms with Crippen LogP contribution in [0.3, 0.4) is 0 Å². The van der Waals surface area contributed by atoms with Crippen LogP contribution in [0.5, 0.6) is 5.75 Å². The minimum Gasteiger partial charge on any atom is -0.433 e. The maximum Gasteiger partial charge on any atom is 0.387 e. The molecule has 1 atom stereocenters. The van der Waals surface area contributed by atoms with E-state index in [1.165, 1.54) is 31.3 Å². The largest absolute Gasteiger partial charge is 0.433 e. The van der Waals surface area contributed by atoms with Crippen LogP contribution in [0.4, 0.5) is 13.2 Å².